The molecule has 6 nitrogen and oxygen atoms in total. The summed E-state index contributed by atoms with van der Waals surface area (Å²) in [6.45, 7) is 5.37. The van der Waals surface area contributed by atoms with Crippen molar-refractivity contribution in [1.82, 2.24) is 14.5 Å². The molecule has 3 heterocycles. The highest BCUT2D eigenvalue weighted by molar-refractivity contribution is 6.33. The molecule has 1 aliphatic carbocycles. The summed E-state index contributed by atoms with van der Waals surface area (Å²) >= 11 is 6.43. The van der Waals surface area contributed by atoms with Crippen molar-refractivity contribution in [2.75, 3.05) is 5.32 Å². The van der Waals surface area contributed by atoms with Crippen molar-refractivity contribution in [1.29, 1.82) is 0 Å². The van der Waals surface area contributed by atoms with Gasteiger partial charge in [-0.1, -0.05) is 31.9 Å². The molecule has 2 aliphatic rings. The van der Waals surface area contributed by atoms with Crippen molar-refractivity contribution >= 4 is 23.3 Å². The van der Waals surface area contributed by atoms with Crippen LogP contribution in [0.4, 0.5) is 5.82 Å². The van der Waals surface area contributed by atoms with Gasteiger partial charge < -0.3 is 15.6 Å². The highest BCUT2D eigenvalue weighted by atomic mass is 35.5. The van der Waals surface area contributed by atoms with E-state index in [4.69, 9.17) is 17.3 Å². The molecule has 144 valence electrons. The standard InChI is InChI=1S/C20H26ClN5O/c1-20(2)8-18-24-10-16(26(18)11-20)14-7-17(23-9-15(14)21)25-19(27)12-4-3-5-13(22)6-12/h7,9-10,12-13H,3-6,8,11,22H2,1-2H3,(H,23,25,27)/t12-,13+/m0/s1. The van der Waals surface area contributed by atoms with Gasteiger partial charge in [0.25, 0.3) is 0 Å². The van der Waals surface area contributed by atoms with Gasteiger partial charge in [0.2, 0.25) is 5.91 Å². The number of hydrogen-bond donors (Lipinski definition) is 2. The fraction of sp³-hybridized carbons (Fsp3) is 0.550. The molecule has 3 N–H and O–H groups in total. The highest BCUT2D eigenvalue weighted by Crippen LogP contribution is 2.37. The number of amides is 1. The van der Waals surface area contributed by atoms with Crippen LogP contribution < -0.4 is 11.1 Å². The largest absolute Gasteiger partial charge is 0.328 e. The molecule has 1 fully saturated rings. The Labute approximate surface area is 164 Å². The number of hydrogen-bond acceptors (Lipinski definition) is 4. The number of imidazole rings is 1. The Morgan fingerprint density at radius 3 is 2.93 bits per heavy atom. The van der Waals surface area contributed by atoms with E-state index in [2.05, 4.69) is 33.7 Å². The quantitative estimate of drug-likeness (QED) is 0.841. The minimum Gasteiger partial charge on any atom is -0.328 e. The van der Waals surface area contributed by atoms with Gasteiger partial charge in [-0.2, -0.15) is 0 Å². The van der Waals surface area contributed by atoms with Crippen LogP contribution >= 0.6 is 11.6 Å². The van der Waals surface area contributed by atoms with Gasteiger partial charge in [-0.15, -0.1) is 0 Å². The second kappa shape index (κ2) is 6.91. The number of nitrogens with zero attached hydrogens (tertiary/aromatic N) is 3. The van der Waals surface area contributed by atoms with Crippen LogP contribution in [0.1, 0.15) is 45.4 Å². The molecule has 2 atom stereocenters. The van der Waals surface area contributed by atoms with E-state index in [9.17, 15) is 4.79 Å². The summed E-state index contributed by atoms with van der Waals surface area (Å²) in [4.78, 5) is 21.5. The number of nitrogens with one attached hydrogen (secondary N) is 1. The van der Waals surface area contributed by atoms with Crippen molar-refractivity contribution in [3.63, 3.8) is 0 Å². The third-order valence-corrected chi connectivity index (χ3v) is 5.93. The van der Waals surface area contributed by atoms with Crippen LogP contribution in [-0.4, -0.2) is 26.5 Å². The van der Waals surface area contributed by atoms with Crippen LogP contribution in [0.15, 0.2) is 18.5 Å². The summed E-state index contributed by atoms with van der Waals surface area (Å²) in [6, 6.07) is 1.96. The Morgan fingerprint density at radius 2 is 2.15 bits per heavy atom. The van der Waals surface area contributed by atoms with Crippen LogP contribution in [-0.2, 0) is 17.8 Å². The number of halogens is 1. The fourth-order valence-corrected chi connectivity index (χ4v) is 4.46. The van der Waals surface area contributed by atoms with E-state index >= 15 is 0 Å². The molecule has 0 spiro atoms. The lowest BCUT2D eigenvalue weighted by Gasteiger charge is -2.25. The van der Waals surface area contributed by atoms with Crippen molar-refractivity contribution < 1.29 is 4.79 Å². The maximum atomic E-state index is 12.6. The molecule has 2 aromatic heterocycles. The van der Waals surface area contributed by atoms with Crippen LogP contribution in [0.5, 0.6) is 0 Å². The van der Waals surface area contributed by atoms with Crippen LogP contribution in [0.25, 0.3) is 11.3 Å². The zero-order valence-corrected chi connectivity index (χ0v) is 16.6. The second-order valence-electron chi connectivity index (χ2n) is 8.65. The van der Waals surface area contributed by atoms with Crippen LogP contribution in [0, 0.1) is 11.3 Å². The van der Waals surface area contributed by atoms with Gasteiger partial charge in [0, 0.05) is 36.7 Å². The van der Waals surface area contributed by atoms with Gasteiger partial charge in [-0.3, -0.25) is 4.79 Å². The molecule has 0 saturated heterocycles. The number of fused-ring (bicyclic) bond motifs is 1. The van der Waals surface area contributed by atoms with Crippen molar-refractivity contribution in [2.45, 2.75) is 58.5 Å². The van der Waals surface area contributed by atoms with E-state index in [1.807, 2.05) is 12.3 Å². The molecule has 1 saturated carbocycles. The summed E-state index contributed by atoms with van der Waals surface area (Å²) < 4.78 is 2.22. The normalized spacial score (nSPS) is 23.9. The lowest BCUT2D eigenvalue weighted by Crippen LogP contribution is -2.34. The molecule has 2 aromatic rings. The van der Waals surface area contributed by atoms with Gasteiger partial charge in [0.1, 0.15) is 11.6 Å². The van der Waals surface area contributed by atoms with Gasteiger partial charge in [0.15, 0.2) is 0 Å². The van der Waals surface area contributed by atoms with E-state index in [-0.39, 0.29) is 23.3 Å². The number of pyridine rings is 1. The topological polar surface area (TPSA) is 85.8 Å². The first kappa shape index (κ1) is 18.4. The molecule has 1 amide bonds. The lowest BCUT2D eigenvalue weighted by molar-refractivity contribution is -0.120. The zero-order chi connectivity index (χ0) is 19.2. The van der Waals surface area contributed by atoms with E-state index in [0.29, 0.717) is 10.8 Å². The number of carbonyl (C=O) groups excluding carboxylic acids is 1. The third-order valence-electron chi connectivity index (χ3n) is 5.63. The number of nitrogens with two attached hydrogens (primary N) is 1. The maximum Gasteiger partial charge on any atom is 0.228 e. The monoisotopic (exact) mass is 387 g/mol. The Hall–Kier alpha value is -1.92. The van der Waals surface area contributed by atoms with E-state index in [1.54, 1.807) is 6.20 Å². The molecule has 0 aromatic carbocycles. The van der Waals surface area contributed by atoms with Gasteiger partial charge in [-0.05, 0) is 30.7 Å². The molecule has 0 bridgehead atoms. The average molecular weight is 388 g/mol. The minimum atomic E-state index is -0.0466. The summed E-state index contributed by atoms with van der Waals surface area (Å²) in [5, 5.41) is 3.51. The average Bonchev–Trinajstić information content (AvgIpc) is 3.11. The van der Waals surface area contributed by atoms with Crippen molar-refractivity contribution in [3.05, 3.63) is 29.3 Å². The second-order valence-corrected chi connectivity index (χ2v) is 9.06. The number of carbonyl (C=O) groups is 1. The predicted octanol–water partition coefficient (Wildman–Crippen LogP) is 3.64. The number of anilines is 1. The first-order valence-electron chi connectivity index (χ1n) is 9.59. The summed E-state index contributed by atoms with van der Waals surface area (Å²) in [5.41, 5.74) is 8.02. The summed E-state index contributed by atoms with van der Waals surface area (Å²) in [7, 11) is 0. The lowest BCUT2D eigenvalue weighted by atomic mass is 9.85. The molecular weight excluding hydrogens is 362 g/mol. The smallest absolute Gasteiger partial charge is 0.228 e. The molecular formula is C20H26ClN5O. The molecule has 1 aliphatic heterocycles. The van der Waals surface area contributed by atoms with Gasteiger partial charge in [0.05, 0.1) is 16.9 Å². The van der Waals surface area contributed by atoms with Crippen molar-refractivity contribution in [3.8, 4) is 11.3 Å². The maximum absolute atomic E-state index is 12.6. The fourth-order valence-electron chi connectivity index (χ4n) is 4.26. The molecule has 27 heavy (non-hydrogen) atoms. The molecule has 0 radical (unpaired) electrons. The van der Waals surface area contributed by atoms with Gasteiger partial charge >= 0.3 is 0 Å². The van der Waals surface area contributed by atoms with Crippen molar-refractivity contribution in [2.24, 2.45) is 17.1 Å². The number of aromatic nitrogens is 3. The first-order valence-corrected chi connectivity index (χ1v) is 9.97. The Balaban J connectivity index is 1.57. The number of rotatable bonds is 3. The van der Waals surface area contributed by atoms with Crippen LogP contribution in [0.3, 0.4) is 0 Å². The summed E-state index contributed by atoms with van der Waals surface area (Å²) in [5.74, 6) is 1.54. The molecule has 7 heteroatoms. The van der Waals surface area contributed by atoms with E-state index in [0.717, 1.165) is 55.7 Å². The third kappa shape index (κ3) is 3.73. The molecule has 0 unspecified atom stereocenters. The zero-order valence-electron chi connectivity index (χ0n) is 15.8. The van der Waals surface area contributed by atoms with E-state index < -0.39 is 0 Å². The SMILES string of the molecule is CC1(C)Cc2ncc(-c3cc(NC(=O)[C@H]4CCC[C@@H](N)C4)ncc3Cl)n2C1. The Kier molecular flexibility index (Phi) is 4.72. The predicted molar refractivity (Wildman–Crippen MR) is 107 cm³/mol. The van der Waals surface area contributed by atoms with Crippen LogP contribution in [0.2, 0.25) is 5.02 Å². The first-order chi connectivity index (χ1) is 12.8. The Bertz CT molecular complexity index is 875. The van der Waals surface area contributed by atoms with E-state index in [1.165, 1.54) is 0 Å². The Morgan fingerprint density at radius 1 is 1.33 bits per heavy atom. The summed E-state index contributed by atoms with van der Waals surface area (Å²) in [6.07, 6.45) is 8.01. The molecule has 4 rings (SSSR count). The minimum absolute atomic E-state index is 0.00873. The van der Waals surface area contributed by atoms with Gasteiger partial charge in [-0.25, -0.2) is 9.97 Å². The highest BCUT2D eigenvalue weighted by Gasteiger charge is 2.32.